The quantitative estimate of drug-likeness (QED) is 0.918. The number of hydrogen-bond acceptors (Lipinski definition) is 3. The number of carbonyl (C=O) groups is 1. The van der Waals surface area contributed by atoms with Gasteiger partial charge in [-0.1, -0.05) is 0 Å². The van der Waals surface area contributed by atoms with Crippen molar-refractivity contribution in [2.24, 2.45) is 0 Å². The fraction of sp³-hybridized carbons (Fsp3) is 0.538. The highest BCUT2D eigenvalue weighted by Gasteiger charge is 2.51. The van der Waals surface area contributed by atoms with Crippen LogP contribution in [-0.4, -0.2) is 29.1 Å². The van der Waals surface area contributed by atoms with E-state index in [0.29, 0.717) is 5.75 Å². The predicted octanol–water partition coefficient (Wildman–Crippen LogP) is 2.62. The van der Waals surface area contributed by atoms with Crippen molar-refractivity contribution in [3.05, 3.63) is 24.0 Å². The van der Waals surface area contributed by atoms with Gasteiger partial charge < -0.3 is 9.84 Å². The molecule has 0 unspecified atom stereocenters. The Morgan fingerprint density at radius 1 is 1.37 bits per heavy atom. The molecule has 1 aromatic heterocycles. The van der Waals surface area contributed by atoms with Gasteiger partial charge in [0, 0.05) is 19.0 Å². The molecule has 2 rings (SSSR count). The Hall–Kier alpha value is -1.72. The van der Waals surface area contributed by atoms with Gasteiger partial charge in [-0.25, -0.2) is 8.78 Å². The second kappa shape index (κ2) is 4.75. The lowest BCUT2D eigenvalue weighted by Crippen LogP contribution is -2.43. The minimum atomic E-state index is -2.79. The first kappa shape index (κ1) is 13.7. The Labute approximate surface area is 109 Å². The van der Waals surface area contributed by atoms with Gasteiger partial charge in [0.1, 0.15) is 11.2 Å². The van der Waals surface area contributed by atoms with Gasteiger partial charge in [0.2, 0.25) is 5.92 Å². The number of ether oxygens (including phenoxy) is 1. The SMILES string of the molecule is COc1cccnc1C1(C(=O)O)CCC(F)(F)CC1. The molecule has 0 aliphatic heterocycles. The van der Waals surface area contributed by atoms with Gasteiger partial charge in [-0.15, -0.1) is 0 Å². The molecular formula is C13H15F2NO3. The summed E-state index contributed by atoms with van der Waals surface area (Å²) in [5, 5.41) is 9.49. The summed E-state index contributed by atoms with van der Waals surface area (Å²) in [5.74, 6) is -3.59. The molecule has 1 N–H and O–H groups in total. The zero-order valence-electron chi connectivity index (χ0n) is 10.5. The lowest BCUT2D eigenvalue weighted by molar-refractivity contribution is -0.149. The second-order valence-electron chi connectivity index (χ2n) is 4.80. The maximum Gasteiger partial charge on any atom is 0.315 e. The molecule has 0 spiro atoms. The minimum absolute atomic E-state index is 0.136. The molecule has 6 heteroatoms. The molecule has 104 valence electrons. The number of aliphatic carboxylic acids is 1. The first-order chi connectivity index (χ1) is 8.91. The number of nitrogens with zero attached hydrogens (tertiary/aromatic N) is 1. The molecule has 0 saturated heterocycles. The second-order valence-corrected chi connectivity index (χ2v) is 4.80. The fourth-order valence-corrected chi connectivity index (χ4v) is 2.51. The third kappa shape index (κ3) is 2.39. The van der Waals surface area contributed by atoms with Gasteiger partial charge in [-0.05, 0) is 25.0 Å². The lowest BCUT2D eigenvalue weighted by Gasteiger charge is -2.36. The van der Waals surface area contributed by atoms with E-state index in [2.05, 4.69) is 4.98 Å². The molecule has 0 radical (unpaired) electrons. The molecule has 1 fully saturated rings. The average molecular weight is 271 g/mol. The Kier molecular flexibility index (Phi) is 3.43. The van der Waals surface area contributed by atoms with Crippen molar-refractivity contribution < 1.29 is 23.4 Å². The van der Waals surface area contributed by atoms with Crippen molar-refractivity contribution >= 4 is 5.97 Å². The number of pyridine rings is 1. The van der Waals surface area contributed by atoms with Crippen LogP contribution in [0.3, 0.4) is 0 Å². The van der Waals surface area contributed by atoms with E-state index < -0.39 is 30.1 Å². The number of halogens is 2. The monoisotopic (exact) mass is 271 g/mol. The maximum absolute atomic E-state index is 13.3. The summed E-state index contributed by atoms with van der Waals surface area (Å²) >= 11 is 0. The molecule has 0 amide bonds. The summed E-state index contributed by atoms with van der Waals surface area (Å²) in [6.07, 6.45) is 0.290. The van der Waals surface area contributed by atoms with Gasteiger partial charge in [0.05, 0.1) is 12.8 Å². The van der Waals surface area contributed by atoms with E-state index in [0.717, 1.165) is 0 Å². The lowest BCUT2D eigenvalue weighted by atomic mass is 9.70. The highest BCUT2D eigenvalue weighted by atomic mass is 19.3. The normalized spacial score (nSPS) is 20.8. The first-order valence-corrected chi connectivity index (χ1v) is 6.02. The predicted molar refractivity (Wildman–Crippen MR) is 63.5 cm³/mol. The first-order valence-electron chi connectivity index (χ1n) is 6.02. The summed E-state index contributed by atoms with van der Waals surface area (Å²) < 4.78 is 31.6. The van der Waals surface area contributed by atoms with Crippen molar-refractivity contribution in [2.75, 3.05) is 7.11 Å². The third-order valence-corrected chi connectivity index (χ3v) is 3.69. The van der Waals surface area contributed by atoms with E-state index in [9.17, 15) is 18.7 Å². The Morgan fingerprint density at radius 2 is 2.00 bits per heavy atom. The standard InChI is InChI=1S/C13H15F2NO3/c1-19-9-3-2-8-16-10(9)12(11(17)18)4-6-13(14,15)7-5-12/h2-3,8H,4-7H2,1H3,(H,17,18). The molecule has 1 aromatic rings. The summed E-state index contributed by atoms with van der Waals surface area (Å²) in [5.41, 5.74) is -1.14. The van der Waals surface area contributed by atoms with Gasteiger partial charge in [-0.3, -0.25) is 9.78 Å². The smallest absolute Gasteiger partial charge is 0.315 e. The van der Waals surface area contributed by atoms with Gasteiger partial charge in [-0.2, -0.15) is 0 Å². The number of rotatable bonds is 3. The van der Waals surface area contributed by atoms with Crippen LogP contribution in [0, 0.1) is 0 Å². The van der Waals surface area contributed by atoms with Crippen molar-refractivity contribution in [1.29, 1.82) is 0 Å². The molecule has 0 bridgehead atoms. The largest absolute Gasteiger partial charge is 0.495 e. The molecule has 1 aliphatic rings. The molecule has 0 aromatic carbocycles. The van der Waals surface area contributed by atoms with Crippen LogP contribution in [0.25, 0.3) is 0 Å². The van der Waals surface area contributed by atoms with Crippen molar-refractivity contribution in [3.63, 3.8) is 0 Å². The summed E-state index contributed by atoms with van der Waals surface area (Å²) in [6.45, 7) is 0. The highest BCUT2D eigenvalue weighted by Crippen LogP contribution is 2.47. The molecule has 19 heavy (non-hydrogen) atoms. The van der Waals surface area contributed by atoms with Crippen molar-refractivity contribution in [3.8, 4) is 5.75 Å². The van der Waals surface area contributed by atoms with E-state index in [4.69, 9.17) is 4.74 Å². The van der Waals surface area contributed by atoms with Crippen LogP contribution in [0.5, 0.6) is 5.75 Å². The van der Waals surface area contributed by atoms with Crippen molar-refractivity contribution in [2.45, 2.75) is 37.0 Å². The molecule has 4 nitrogen and oxygen atoms in total. The van der Waals surface area contributed by atoms with Crippen molar-refractivity contribution in [1.82, 2.24) is 4.98 Å². The van der Waals surface area contributed by atoms with Crippen LogP contribution in [-0.2, 0) is 10.2 Å². The van der Waals surface area contributed by atoms with Gasteiger partial charge >= 0.3 is 5.97 Å². The number of hydrogen-bond donors (Lipinski definition) is 1. The zero-order valence-corrected chi connectivity index (χ0v) is 10.5. The van der Waals surface area contributed by atoms with Crippen LogP contribution in [0.4, 0.5) is 8.78 Å². The summed E-state index contributed by atoms with van der Waals surface area (Å²) in [7, 11) is 1.41. The summed E-state index contributed by atoms with van der Waals surface area (Å²) in [4.78, 5) is 15.7. The van der Waals surface area contributed by atoms with E-state index >= 15 is 0 Å². The number of aromatic nitrogens is 1. The Bertz CT molecular complexity index is 481. The maximum atomic E-state index is 13.3. The van der Waals surface area contributed by atoms with Crippen LogP contribution < -0.4 is 4.74 Å². The molecule has 1 heterocycles. The topological polar surface area (TPSA) is 59.4 Å². The molecule has 1 saturated carbocycles. The fourth-order valence-electron chi connectivity index (χ4n) is 2.51. The number of methoxy groups -OCH3 is 1. The third-order valence-electron chi connectivity index (χ3n) is 3.69. The highest BCUT2D eigenvalue weighted by molar-refractivity contribution is 5.82. The van der Waals surface area contributed by atoms with E-state index in [1.807, 2.05) is 0 Å². The van der Waals surface area contributed by atoms with Gasteiger partial charge in [0.15, 0.2) is 0 Å². The molecular weight excluding hydrogens is 256 g/mol. The minimum Gasteiger partial charge on any atom is -0.495 e. The number of alkyl halides is 2. The van der Waals surface area contributed by atoms with E-state index in [1.54, 1.807) is 12.1 Å². The number of carboxylic acid groups (broad SMARTS) is 1. The van der Waals surface area contributed by atoms with E-state index in [1.165, 1.54) is 13.3 Å². The summed E-state index contributed by atoms with van der Waals surface area (Å²) in [6, 6.07) is 3.22. The number of carboxylic acids is 1. The Morgan fingerprint density at radius 3 is 2.53 bits per heavy atom. The van der Waals surface area contributed by atoms with Crippen LogP contribution >= 0.6 is 0 Å². The average Bonchev–Trinajstić information content (AvgIpc) is 2.39. The molecule has 0 atom stereocenters. The molecule has 1 aliphatic carbocycles. The van der Waals surface area contributed by atoms with Gasteiger partial charge in [0.25, 0.3) is 0 Å². The van der Waals surface area contributed by atoms with E-state index in [-0.39, 0.29) is 18.5 Å². The van der Waals surface area contributed by atoms with Crippen LogP contribution in [0.15, 0.2) is 18.3 Å². The Balaban J connectivity index is 2.44. The van der Waals surface area contributed by atoms with Crippen LogP contribution in [0.1, 0.15) is 31.4 Å². The zero-order chi connectivity index (χ0) is 14.1. The van der Waals surface area contributed by atoms with Crippen LogP contribution in [0.2, 0.25) is 0 Å².